The average Bonchev–Trinajstić information content (AvgIpc) is 3.12. The summed E-state index contributed by atoms with van der Waals surface area (Å²) >= 11 is 0. The lowest BCUT2D eigenvalue weighted by Crippen LogP contribution is -2.50. The number of piperidine rings is 1. The fraction of sp³-hybridized carbons (Fsp3) is 0.933. The van der Waals surface area contributed by atoms with Gasteiger partial charge in [-0.1, -0.05) is 0 Å². The van der Waals surface area contributed by atoms with Gasteiger partial charge in [-0.2, -0.15) is 0 Å². The highest BCUT2D eigenvalue weighted by molar-refractivity contribution is 5.85. The molecule has 0 aromatic rings. The zero-order chi connectivity index (χ0) is 13.0. The van der Waals surface area contributed by atoms with E-state index >= 15 is 0 Å². The highest BCUT2D eigenvalue weighted by atomic mass is 35.5. The van der Waals surface area contributed by atoms with E-state index in [1.807, 2.05) is 7.05 Å². The van der Waals surface area contributed by atoms with Crippen LogP contribution in [-0.2, 0) is 9.53 Å². The van der Waals surface area contributed by atoms with Gasteiger partial charge in [0.15, 0.2) is 0 Å². The molecular weight excluding hydrogens is 276 g/mol. The Morgan fingerprint density at radius 1 is 1.10 bits per heavy atom. The fourth-order valence-electron chi connectivity index (χ4n) is 4.68. The first-order chi connectivity index (χ1) is 9.20. The van der Waals surface area contributed by atoms with Gasteiger partial charge in [-0.25, -0.2) is 0 Å². The van der Waals surface area contributed by atoms with Crippen LogP contribution in [0.15, 0.2) is 0 Å². The van der Waals surface area contributed by atoms with Gasteiger partial charge in [0.2, 0.25) is 5.91 Å². The van der Waals surface area contributed by atoms with E-state index in [4.69, 9.17) is 4.74 Å². The third-order valence-corrected chi connectivity index (χ3v) is 5.77. The van der Waals surface area contributed by atoms with E-state index in [2.05, 4.69) is 10.2 Å². The van der Waals surface area contributed by atoms with Crippen molar-refractivity contribution in [3.63, 3.8) is 0 Å². The molecule has 5 heteroatoms. The largest absolute Gasteiger partial charge is 0.374 e. The lowest BCUT2D eigenvalue weighted by Gasteiger charge is -2.37. The van der Waals surface area contributed by atoms with Crippen molar-refractivity contribution >= 4 is 18.3 Å². The van der Waals surface area contributed by atoms with E-state index in [0.717, 1.165) is 32.1 Å². The van der Waals surface area contributed by atoms with Gasteiger partial charge < -0.3 is 15.0 Å². The maximum Gasteiger partial charge on any atom is 0.228 e. The maximum atomic E-state index is 12.7. The Hall–Kier alpha value is -0.320. The van der Waals surface area contributed by atoms with E-state index in [-0.39, 0.29) is 24.4 Å². The van der Waals surface area contributed by atoms with Crippen LogP contribution in [0.3, 0.4) is 0 Å². The molecule has 0 spiro atoms. The minimum absolute atomic E-state index is 0. The Morgan fingerprint density at radius 3 is 2.35 bits per heavy atom. The molecule has 1 N–H and O–H groups in total. The molecule has 5 unspecified atom stereocenters. The number of hydrogen-bond donors (Lipinski definition) is 1. The van der Waals surface area contributed by atoms with E-state index in [1.165, 1.54) is 12.8 Å². The Balaban J connectivity index is 0.00000121. The Kier molecular flexibility index (Phi) is 3.99. The summed E-state index contributed by atoms with van der Waals surface area (Å²) in [6.07, 6.45) is 8.67. The van der Waals surface area contributed by atoms with Gasteiger partial charge in [0, 0.05) is 25.2 Å². The number of fused-ring (bicyclic) bond motifs is 4. The van der Waals surface area contributed by atoms with Crippen LogP contribution in [0.4, 0.5) is 0 Å². The number of rotatable bonds is 2. The highest BCUT2D eigenvalue weighted by Gasteiger charge is 2.46. The van der Waals surface area contributed by atoms with Crippen LogP contribution < -0.4 is 5.32 Å². The second-order valence-electron chi connectivity index (χ2n) is 6.93. The predicted octanol–water partition coefficient (Wildman–Crippen LogP) is 1.72. The van der Waals surface area contributed by atoms with Crippen molar-refractivity contribution in [3.05, 3.63) is 0 Å². The van der Waals surface area contributed by atoms with E-state index in [1.54, 1.807) is 0 Å². The van der Waals surface area contributed by atoms with Gasteiger partial charge in [-0.15, -0.1) is 12.4 Å². The molecule has 4 fully saturated rings. The Bertz CT molecular complexity index is 380. The number of nitrogens with zero attached hydrogens (tertiary/aromatic N) is 1. The van der Waals surface area contributed by atoms with E-state index in [9.17, 15) is 4.79 Å². The molecule has 4 aliphatic heterocycles. The smallest absolute Gasteiger partial charge is 0.228 e. The fourth-order valence-corrected chi connectivity index (χ4v) is 4.68. The molecule has 4 aliphatic rings. The van der Waals surface area contributed by atoms with Crippen LogP contribution >= 0.6 is 12.4 Å². The van der Waals surface area contributed by atoms with E-state index in [0.29, 0.717) is 30.1 Å². The van der Waals surface area contributed by atoms with Crippen LogP contribution in [-0.4, -0.2) is 48.2 Å². The monoisotopic (exact) mass is 300 g/mol. The summed E-state index contributed by atoms with van der Waals surface area (Å²) in [6, 6.07) is 1.75. The van der Waals surface area contributed by atoms with Crippen LogP contribution in [0.5, 0.6) is 0 Å². The standard InChI is InChI=1S/C15H24N2O2.ClH/c1-17(11-6-9-2-3-10(7-11)16-9)15(18)13-8-12-4-5-14(13)19-12;/h9-14,16H,2-8H2,1H3;1H. The van der Waals surface area contributed by atoms with Crippen LogP contribution in [0.1, 0.15) is 44.9 Å². The lowest BCUT2D eigenvalue weighted by atomic mass is 9.87. The van der Waals surface area contributed by atoms with Gasteiger partial charge in [-0.05, 0) is 44.9 Å². The summed E-state index contributed by atoms with van der Waals surface area (Å²) in [7, 11) is 2.02. The summed E-state index contributed by atoms with van der Waals surface area (Å²) in [5.74, 6) is 0.495. The zero-order valence-electron chi connectivity index (χ0n) is 12.1. The van der Waals surface area contributed by atoms with Gasteiger partial charge in [0.1, 0.15) is 0 Å². The SMILES string of the molecule is CN(C(=O)C1CC2CCC1O2)C1CC2CCC(C1)N2.Cl. The van der Waals surface area contributed by atoms with Crippen molar-refractivity contribution in [2.45, 2.75) is 75.3 Å². The normalized spacial score (nSPS) is 45.2. The second-order valence-corrected chi connectivity index (χ2v) is 6.93. The molecule has 4 nitrogen and oxygen atoms in total. The number of nitrogens with one attached hydrogen (secondary N) is 1. The van der Waals surface area contributed by atoms with Crippen molar-refractivity contribution < 1.29 is 9.53 Å². The van der Waals surface area contributed by atoms with Gasteiger partial charge in [0.05, 0.1) is 18.1 Å². The number of ether oxygens (including phenoxy) is 1. The molecule has 4 rings (SSSR count). The van der Waals surface area contributed by atoms with Gasteiger partial charge in [0.25, 0.3) is 0 Å². The first-order valence-electron chi connectivity index (χ1n) is 7.89. The van der Waals surface area contributed by atoms with Gasteiger partial charge in [-0.3, -0.25) is 4.79 Å². The molecule has 0 aliphatic carbocycles. The topological polar surface area (TPSA) is 41.6 Å². The zero-order valence-corrected chi connectivity index (χ0v) is 12.9. The summed E-state index contributed by atoms with van der Waals surface area (Å²) in [4.78, 5) is 14.8. The first-order valence-corrected chi connectivity index (χ1v) is 7.89. The average molecular weight is 301 g/mol. The maximum absolute atomic E-state index is 12.7. The highest BCUT2D eigenvalue weighted by Crippen LogP contribution is 2.40. The minimum atomic E-state index is 0. The van der Waals surface area contributed by atoms with Crippen LogP contribution in [0.25, 0.3) is 0 Å². The van der Waals surface area contributed by atoms with Crippen molar-refractivity contribution in [3.8, 4) is 0 Å². The van der Waals surface area contributed by atoms with Crippen molar-refractivity contribution in [1.82, 2.24) is 10.2 Å². The molecule has 0 saturated carbocycles. The molecule has 0 aromatic heterocycles. The summed E-state index contributed by atoms with van der Waals surface area (Å²) < 4.78 is 5.84. The van der Waals surface area contributed by atoms with E-state index < -0.39 is 0 Å². The molecule has 4 saturated heterocycles. The molecule has 0 radical (unpaired) electrons. The lowest BCUT2D eigenvalue weighted by molar-refractivity contribution is -0.138. The summed E-state index contributed by atoms with van der Waals surface area (Å²) in [5.41, 5.74) is 0. The Morgan fingerprint density at radius 2 is 1.80 bits per heavy atom. The number of carbonyl (C=O) groups is 1. The molecule has 0 aromatic carbocycles. The molecule has 4 bridgehead atoms. The summed E-state index contributed by atoms with van der Waals surface area (Å²) in [5, 5.41) is 3.65. The quantitative estimate of drug-likeness (QED) is 0.844. The minimum Gasteiger partial charge on any atom is -0.374 e. The van der Waals surface area contributed by atoms with Gasteiger partial charge >= 0.3 is 0 Å². The third kappa shape index (κ3) is 2.36. The molecule has 20 heavy (non-hydrogen) atoms. The van der Waals surface area contributed by atoms with Crippen LogP contribution in [0, 0.1) is 5.92 Å². The number of halogens is 1. The molecule has 4 heterocycles. The van der Waals surface area contributed by atoms with Crippen molar-refractivity contribution in [1.29, 1.82) is 0 Å². The molecular formula is C15H25ClN2O2. The predicted molar refractivity (Wildman–Crippen MR) is 79.0 cm³/mol. The summed E-state index contributed by atoms with van der Waals surface area (Å²) in [6.45, 7) is 0. The van der Waals surface area contributed by atoms with Crippen molar-refractivity contribution in [2.75, 3.05) is 7.05 Å². The molecule has 114 valence electrons. The molecule has 5 atom stereocenters. The second kappa shape index (κ2) is 5.47. The first kappa shape index (κ1) is 14.6. The number of amides is 1. The molecule has 1 amide bonds. The number of hydrogen-bond acceptors (Lipinski definition) is 3. The Labute approximate surface area is 127 Å². The number of carbonyl (C=O) groups excluding carboxylic acids is 1. The van der Waals surface area contributed by atoms with Crippen LogP contribution in [0.2, 0.25) is 0 Å². The van der Waals surface area contributed by atoms with Crippen molar-refractivity contribution in [2.24, 2.45) is 5.92 Å². The third-order valence-electron chi connectivity index (χ3n) is 5.77.